The van der Waals surface area contributed by atoms with Gasteiger partial charge in [-0.3, -0.25) is 0 Å². The smallest absolute Gasteiger partial charge is 0.238 e. The van der Waals surface area contributed by atoms with Crippen molar-refractivity contribution in [2.45, 2.75) is 24.8 Å². The first kappa shape index (κ1) is 14.8. The molecule has 6 nitrogen and oxygen atoms in total. The molecule has 1 heterocycles. The van der Waals surface area contributed by atoms with E-state index in [2.05, 4.69) is 10.3 Å². The fourth-order valence-electron chi connectivity index (χ4n) is 1.72. The van der Waals surface area contributed by atoms with Crippen molar-refractivity contribution >= 4 is 32.7 Å². The Balaban J connectivity index is 2.22. The highest BCUT2D eigenvalue weighted by atomic mass is 32.2. The van der Waals surface area contributed by atoms with Gasteiger partial charge in [-0.2, -0.15) is 0 Å². The number of hydrogen-bond donors (Lipinski definition) is 3. The van der Waals surface area contributed by atoms with E-state index in [4.69, 9.17) is 10.9 Å². The molecule has 0 saturated heterocycles. The average molecular weight is 312 g/mol. The van der Waals surface area contributed by atoms with E-state index in [0.717, 1.165) is 10.7 Å². The number of benzene rings is 1. The van der Waals surface area contributed by atoms with Gasteiger partial charge in [-0.15, -0.1) is 11.3 Å². The second kappa shape index (κ2) is 5.39. The summed E-state index contributed by atoms with van der Waals surface area (Å²) >= 11 is 1.56. The number of nitrogens with one attached hydrogen (secondary N) is 1. The maximum Gasteiger partial charge on any atom is 0.238 e. The van der Waals surface area contributed by atoms with Gasteiger partial charge >= 0.3 is 0 Å². The van der Waals surface area contributed by atoms with Crippen molar-refractivity contribution in [2.24, 2.45) is 5.14 Å². The Hall–Kier alpha value is -1.64. The van der Waals surface area contributed by atoms with E-state index in [1.54, 1.807) is 17.4 Å². The molecule has 108 valence electrons. The Morgan fingerprint density at radius 3 is 2.60 bits per heavy atom. The van der Waals surface area contributed by atoms with Gasteiger partial charge < -0.3 is 11.1 Å². The monoisotopic (exact) mass is 312 g/mol. The molecule has 1 aromatic heterocycles. The van der Waals surface area contributed by atoms with Crippen molar-refractivity contribution in [1.29, 1.82) is 0 Å². The number of primary sulfonamides is 1. The molecule has 5 N–H and O–H groups in total. The van der Waals surface area contributed by atoms with Gasteiger partial charge in [0, 0.05) is 11.1 Å². The number of hydrogen-bond acceptors (Lipinski definition) is 6. The van der Waals surface area contributed by atoms with Crippen LogP contribution in [0, 0.1) is 6.92 Å². The van der Waals surface area contributed by atoms with Crippen LogP contribution in [0.4, 0.5) is 11.4 Å². The topological polar surface area (TPSA) is 111 Å². The second-order valence-corrected chi connectivity index (χ2v) is 6.94. The molecule has 20 heavy (non-hydrogen) atoms. The predicted molar refractivity (Wildman–Crippen MR) is 81.1 cm³/mol. The molecule has 0 bridgehead atoms. The van der Waals surface area contributed by atoms with Crippen LogP contribution in [0.15, 0.2) is 28.5 Å². The van der Waals surface area contributed by atoms with Gasteiger partial charge in [0.2, 0.25) is 10.0 Å². The number of aromatic nitrogens is 1. The summed E-state index contributed by atoms with van der Waals surface area (Å²) in [5, 5.41) is 11.2. The van der Waals surface area contributed by atoms with E-state index in [-0.39, 0.29) is 10.9 Å². The molecule has 0 aliphatic carbocycles. The van der Waals surface area contributed by atoms with E-state index in [1.807, 2.05) is 19.2 Å². The van der Waals surface area contributed by atoms with Gasteiger partial charge in [0.05, 0.1) is 22.3 Å². The van der Waals surface area contributed by atoms with Crippen LogP contribution >= 0.6 is 11.3 Å². The summed E-state index contributed by atoms with van der Waals surface area (Å²) in [6.45, 7) is 3.90. The minimum absolute atomic E-state index is 0.00158. The van der Waals surface area contributed by atoms with Crippen LogP contribution < -0.4 is 16.2 Å². The number of nitrogen functional groups attached to an aromatic ring is 1. The predicted octanol–water partition coefficient (Wildman–Crippen LogP) is 1.85. The van der Waals surface area contributed by atoms with Gasteiger partial charge in [-0.25, -0.2) is 18.5 Å². The molecular weight excluding hydrogens is 296 g/mol. The highest BCUT2D eigenvalue weighted by molar-refractivity contribution is 7.89. The molecule has 0 fully saturated rings. The summed E-state index contributed by atoms with van der Waals surface area (Å²) in [6, 6.07) is 4.36. The fraction of sp³-hybridized carbons (Fsp3) is 0.250. The summed E-state index contributed by atoms with van der Waals surface area (Å²) in [5.74, 6) is 0. The first-order valence-corrected chi connectivity index (χ1v) is 8.31. The van der Waals surface area contributed by atoms with Crippen molar-refractivity contribution in [1.82, 2.24) is 4.98 Å². The molecule has 8 heteroatoms. The fourth-order valence-corrected chi connectivity index (χ4v) is 3.07. The van der Waals surface area contributed by atoms with Gasteiger partial charge in [-0.1, -0.05) is 0 Å². The van der Waals surface area contributed by atoms with Crippen molar-refractivity contribution in [3.8, 4) is 0 Å². The standard InChI is InChI=1S/C12H16N4O2S2/c1-7-6-19-12(15-7)8(2)16-11-4-3-9(5-10(11)13)20(14,17)18/h3-6,8,16H,13H2,1-2H3,(H2,14,17,18). The zero-order valence-electron chi connectivity index (χ0n) is 11.1. The number of sulfonamides is 1. The van der Waals surface area contributed by atoms with Gasteiger partial charge in [-0.05, 0) is 32.0 Å². The SMILES string of the molecule is Cc1csc(C(C)Nc2ccc(S(N)(=O)=O)cc2N)n1. The number of rotatable bonds is 4. The van der Waals surface area contributed by atoms with Crippen LogP contribution in [0.25, 0.3) is 0 Å². The normalized spacial score (nSPS) is 13.2. The maximum absolute atomic E-state index is 11.2. The van der Waals surface area contributed by atoms with Gasteiger partial charge in [0.1, 0.15) is 5.01 Å². The summed E-state index contributed by atoms with van der Waals surface area (Å²) < 4.78 is 22.5. The van der Waals surface area contributed by atoms with Crippen LogP contribution in [-0.2, 0) is 10.0 Å². The third-order valence-corrected chi connectivity index (χ3v) is 4.79. The first-order valence-electron chi connectivity index (χ1n) is 5.88. The Morgan fingerprint density at radius 1 is 1.40 bits per heavy atom. The molecule has 0 aliphatic rings. The molecule has 0 spiro atoms. The molecule has 2 aromatic rings. The molecule has 1 atom stereocenters. The van der Waals surface area contributed by atoms with E-state index >= 15 is 0 Å². The number of nitrogens with zero attached hydrogens (tertiary/aromatic N) is 1. The highest BCUT2D eigenvalue weighted by Crippen LogP contribution is 2.27. The lowest BCUT2D eigenvalue weighted by molar-refractivity contribution is 0.598. The van der Waals surface area contributed by atoms with E-state index in [0.29, 0.717) is 11.4 Å². The quantitative estimate of drug-likeness (QED) is 0.746. The average Bonchev–Trinajstić information content (AvgIpc) is 2.77. The number of thiazole rings is 1. The lowest BCUT2D eigenvalue weighted by Gasteiger charge is -2.15. The largest absolute Gasteiger partial charge is 0.397 e. The van der Waals surface area contributed by atoms with Crippen molar-refractivity contribution < 1.29 is 8.42 Å². The van der Waals surface area contributed by atoms with Gasteiger partial charge in [0.25, 0.3) is 0 Å². The molecule has 0 amide bonds. The Labute approximate surface area is 121 Å². The minimum Gasteiger partial charge on any atom is -0.397 e. The highest BCUT2D eigenvalue weighted by Gasteiger charge is 2.13. The molecule has 1 aromatic carbocycles. The Kier molecular flexibility index (Phi) is 3.98. The lowest BCUT2D eigenvalue weighted by atomic mass is 10.2. The number of aryl methyl sites for hydroxylation is 1. The molecular formula is C12H16N4O2S2. The molecule has 0 aliphatic heterocycles. The number of nitrogens with two attached hydrogens (primary N) is 2. The van der Waals surface area contributed by atoms with E-state index in [1.165, 1.54) is 12.1 Å². The third kappa shape index (κ3) is 3.27. The van der Waals surface area contributed by atoms with Crippen LogP contribution in [0.1, 0.15) is 23.7 Å². The Morgan fingerprint density at radius 2 is 2.10 bits per heavy atom. The number of anilines is 2. The minimum atomic E-state index is -3.74. The van der Waals surface area contributed by atoms with Crippen LogP contribution in [-0.4, -0.2) is 13.4 Å². The first-order chi connectivity index (χ1) is 9.27. The summed E-state index contributed by atoms with van der Waals surface area (Å²) in [4.78, 5) is 4.39. The van der Waals surface area contributed by atoms with Crippen molar-refractivity contribution in [2.75, 3.05) is 11.1 Å². The maximum atomic E-state index is 11.2. The second-order valence-electron chi connectivity index (χ2n) is 4.49. The molecule has 2 rings (SSSR count). The van der Waals surface area contributed by atoms with Crippen LogP contribution in [0.2, 0.25) is 0 Å². The summed E-state index contributed by atoms with van der Waals surface area (Å²) in [5.41, 5.74) is 7.80. The van der Waals surface area contributed by atoms with E-state index < -0.39 is 10.0 Å². The molecule has 1 unspecified atom stereocenters. The lowest BCUT2D eigenvalue weighted by Crippen LogP contribution is -2.13. The van der Waals surface area contributed by atoms with Gasteiger partial charge in [0.15, 0.2) is 0 Å². The van der Waals surface area contributed by atoms with Crippen LogP contribution in [0.3, 0.4) is 0 Å². The summed E-state index contributed by atoms with van der Waals surface area (Å²) in [7, 11) is -3.74. The third-order valence-electron chi connectivity index (χ3n) is 2.73. The van der Waals surface area contributed by atoms with Crippen LogP contribution in [0.5, 0.6) is 0 Å². The zero-order chi connectivity index (χ0) is 14.9. The van der Waals surface area contributed by atoms with Crippen molar-refractivity contribution in [3.63, 3.8) is 0 Å². The Bertz CT molecular complexity index is 725. The van der Waals surface area contributed by atoms with E-state index in [9.17, 15) is 8.42 Å². The summed E-state index contributed by atoms with van der Waals surface area (Å²) in [6.07, 6.45) is 0. The van der Waals surface area contributed by atoms with Crippen molar-refractivity contribution in [3.05, 3.63) is 34.3 Å². The zero-order valence-corrected chi connectivity index (χ0v) is 12.8. The molecule has 0 saturated carbocycles. The molecule has 0 radical (unpaired) electrons.